The highest BCUT2D eigenvalue weighted by Crippen LogP contribution is 2.00. The van der Waals surface area contributed by atoms with E-state index in [4.69, 9.17) is 0 Å². The predicted molar refractivity (Wildman–Crippen MR) is 66.7 cm³/mol. The Morgan fingerprint density at radius 2 is 1.83 bits per heavy atom. The van der Waals surface area contributed by atoms with Crippen LogP contribution in [0.3, 0.4) is 0 Å². The Balaban J connectivity index is 2.25. The van der Waals surface area contributed by atoms with Crippen molar-refractivity contribution < 1.29 is 14.4 Å². The molecule has 0 aromatic heterocycles. The van der Waals surface area contributed by atoms with Crippen LogP contribution in [0.15, 0.2) is 0 Å². The molecule has 18 heavy (non-hydrogen) atoms. The zero-order chi connectivity index (χ0) is 13.5. The van der Waals surface area contributed by atoms with Gasteiger partial charge >= 0.3 is 0 Å². The topological polar surface area (TPSA) is 69.7 Å². The zero-order valence-corrected chi connectivity index (χ0v) is 11.0. The fraction of sp³-hybridized carbons (Fsp3) is 0.750. The number of carbonyl (C=O) groups excluding carboxylic acids is 3. The first-order valence-electron chi connectivity index (χ1n) is 6.26. The maximum atomic E-state index is 11.8. The van der Waals surface area contributed by atoms with E-state index >= 15 is 0 Å². The predicted octanol–water partition coefficient (Wildman–Crippen LogP) is -0.551. The van der Waals surface area contributed by atoms with Crippen LogP contribution in [0.25, 0.3) is 0 Å². The summed E-state index contributed by atoms with van der Waals surface area (Å²) >= 11 is 0. The molecule has 1 heterocycles. The lowest BCUT2D eigenvalue weighted by molar-refractivity contribution is -0.136. The fourth-order valence-electron chi connectivity index (χ4n) is 1.81. The number of hydrogen-bond acceptors (Lipinski definition) is 3. The maximum absolute atomic E-state index is 11.8. The Labute approximate surface area is 107 Å². The summed E-state index contributed by atoms with van der Waals surface area (Å²) < 4.78 is 0. The summed E-state index contributed by atoms with van der Waals surface area (Å²) in [6, 6.07) is 0. The second-order valence-electron chi connectivity index (χ2n) is 4.90. The largest absolute Gasteiger partial charge is 0.347 e. The molecule has 1 rings (SSSR count). The van der Waals surface area contributed by atoms with Crippen molar-refractivity contribution in [2.75, 3.05) is 32.7 Å². The van der Waals surface area contributed by atoms with E-state index in [1.165, 1.54) is 0 Å². The molecule has 0 aliphatic carbocycles. The van der Waals surface area contributed by atoms with Crippen LogP contribution in [0.2, 0.25) is 0 Å². The minimum absolute atomic E-state index is 0.0483. The average Bonchev–Trinajstić information content (AvgIpc) is 2.35. The van der Waals surface area contributed by atoms with Gasteiger partial charge in [-0.15, -0.1) is 0 Å². The monoisotopic (exact) mass is 255 g/mol. The third kappa shape index (κ3) is 4.73. The number of amides is 3. The van der Waals surface area contributed by atoms with Crippen LogP contribution in [-0.2, 0) is 14.4 Å². The molecule has 6 nitrogen and oxygen atoms in total. The SMILES string of the molecule is CC(C)CC(=O)NCC(=O)N1CCN(C=O)CC1. The lowest BCUT2D eigenvalue weighted by atomic mass is 10.1. The van der Waals surface area contributed by atoms with Crippen LogP contribution in [0.5, 0.6) is 0 Å². The minimum atomic E-state index is -0.0927. The van der Waals surface area contributed by atoms with E-state index in [0.717, 1.165) is 6.41 Å². The molecule has 1 aliphatic rings. The number of nitrogens with zero attached hydrogens (tertiary/aromatic N) is 2. The van der Waals surface area contributed by atoms with Gasteiger partial charge in [0.25, 0.3) is 0 Å². The molecule has 102 valence electrons. The van der Waals surface area contributed by atoms with Gasteiger partial charge in [-0.1, -0.05) is 13.8 Å². The first-order chi connectivity index (χ1) is 8.52. The smallest absolute Gasteiger partial charge is 0.242 e. The van der Waals surface area contributed by atoms with E-state index in [1.807, 2.05) is 13.8 Å². The minimum Gasteiger partial charge on any atom is -0.347 e. The summed E-state index contributed by atoms with van der Waals surface area (Å²) in [6.07, 6.45) is 1.23. The van der Waals surface area contributed by atoms with E-state index in [2.05, 4.69) is 5.32 Å². The summed E-state index contributed by atoms with van der Waals surface area (Å²) in [7, 11) is 0. The molecule has 0 aromatic rings. The van der Waals surface area contributed by atoms with E-state index < -0.39 is 0 Å². The molecule has 0 aromatic carbocycles. The van der Waals surface area contributed by atoms with E-state index in [1.54, 1.807) is 9.80 Å². The number of hydrogen-bond donors (Lipinski definition) is 1. The van der Waals surface area contributed by atoms with Gasteiger partial charge in [0.05, 0.1) is 6.54 Å². The fourth-order valence-corrected chi connectivity index (χ4v) is 1.81. The Hall–Kier alpha value is -1.59. The molecule has 3 amide bonds. The van der Waals surface area contributed by atoms with Gasteiger partial charge in [0, 0.05) is 32.6 Å². The molecule has 1 N–H and O–H groups in total. The first kappa shape index (κ1) is 14.5. The molecule has 0 spiro atoms. The van der Waals surface area contributed by atoms with Crippen molar-refractivity contribution in [2.45, 2.75) is 20.3 Å². The Morgan fingerprint density at radius 1 is 1.22 bits per heavy atom. The first-order valence-corrected chi connectivity index (χ1v) is 6.26. The summed E-state index contributed by atoms with van der Waals surface area (Å²) in [5.74, 6) is 0.110. The molecular weight excluding hydrogens is 234 g/mol. The van der Waals surface area contributed by atoms with Gasteiger partial charge in [0.2, 0.25) is 18.2 Å². The van der Waals surface area contributed by atoms with Crippen molar-refractivity contribution in [1.82, 2.24) is 15.1 Å². The van der Waals surface area contributed by atoms with Crippen LogP contribution < -0.4 is 5.32 Å². The van der Waals surface area contributed by atoms with Gasteiger partial charge in [-0.25, -0.2) is 0 Å². The van der Waals surface area contributed by atoms with Gasteiger partial charge in [-0.3, -0.25) is 14.4 Å². The normalized spacial score (nSPS) is 15.7. The molecule has 1 saturated heterocycles. The number of piperazine rings is 1. The van der Waals surface area contributed by atoms with Crippen molar-refractivity contribution in [2.24, 2.45) is 5.92 Å². The molecule has 0 bridgehead atoms. The van der Waals surface area contributed by atoms with Gasteiger partial charge in [-0.05, 0) is 5.92 Å². The van der Waals surface area contributed by atoms with Crippen LogP contribution in [0, 0.1) is 5.92 Å². The van der Waals surface area contributed by atoms with Crippen molar-refractivity contribution in [3.63, 3.8) is 0 Å². The summed E-state index contributed by atoms with van der Waals surface area (Å²) in [5, 5.41) is 2.62. The van der Waals surface area contributed by atoms with E-state index in [-0.39, 0.29) is 24.3 Å². The molecule has 1 fully saturated rings. The molecule has 0 unspecified atom stereocenters. The highest BCUT2D eigenvalue weighted by atomic mass is 16.2. The molecule has 1 aliphatic heterocycles. The van der Waals surface area contributed by atoms with Crippen molar-refractivity contribution in [3.8, 4) is 0 Å². The second kappa shape index (κ2) is 6.98. The molecule has 0 atom stereocenters. The number of rotatable bonds is 5. The maximum Gasteiger partial charge on any atom is 0.242 e. The quantitative estimate of drug-likeness (QED) is 0.670. The third-order valence-electron chi connectivity index (χ3n) is 2.85. The average molecular weight is 255 g/mol. The lowest BCUT2D eigenvalue weighted by Crippen LogP contribution is -2.50. The van der Waals surface area contributed by atoms with Crippen LogP contribution >= 0.6 is 0 Å². The van der Waals surface area contributed by atoms with E-state index in [0.29, 0.717) is 32.6 Å². The summed E-state index contributed by atoms with van der Waals surface area (Å²) in [5.41, 5.74) is 0. The second-order valence-corrected chi connectivity index (χ2v) is 4.90. The Kier molecular flexibility index (Phi) is 5.61. The van der Waals surface area contributed by atoms with Crippen molar-refractivity contribution in [3.05, 3.63) is 0 Å². The molecule has 0 radical (unpaired) electrons. The van der Waals surface area contributed by atoms with E-state index in [9.17, 15) is 14.4 Å². The van der Waals surface area contributed by atoms with Gasteiger partial charge < -0.3 is 15.1 Å². The Morgan fingerprint density at radius 3 is 2.33 bits per heavy atom. The van der Waals surface area contributed by atoms with Crippen LogP contribution in [0.4, 0.5) is 0 Å². The molecule has 6 heteroatoms. The number of carbonyl (C=O) groups is 3. The third-order valence-corrected chi connectivity index (χ3v) is 2.85. The summed E-state index contributed by atoms with van der Waals surface area (Å²) in [4.78, 5) is 37.0. The van der Waals surface area contributed by atoms with Gasteiger partial charge in [0.15, 0.2) is 0 Å². The van der Waals surface area contributed by atoms with Crippen LogP contribution in [-0.4, -0.2) is 60.7 Å². The lowest BCUT2D eigenvalue weighted by Gasteiger charge is -2.32. The molecular formula is C12H21N3O3. The highest BCUT2D eigenvalue weighted by Gasteiger charge is 2.20. The summed E-state index contributed by atoms with van der Waals surface area (Å²) in [6.45, 7) is 6.17. The standard InChI is InChI=1S/C12H21N3O3/c1-10(2)7-11(17)13-8-12(18)15-5-3-14(9-16)4-6-15/h9-10H,3-8H2,1-2H3,(H,13,17). The zero-order valence-electron chi connectivity index (χ0n) is 11.0. The molecule has 0 saturated carbocycles. The van der Waals surface area contributed by atoms with Crippen molar-refractivity contribution in [1.29, 1.82) is 0 Å². The van der Waals surface area contributed by atoms with Crippen LogP contribution in [0.1, 0.15) is 20.3 Å². The van der Waals surface area contributed by atoms with Gasteiger partial charge in [0.1, 0.15) is 0 Å². The Bertz CT molecular complexity index is 310. The van der Waals surface area contributed by atoms with Gasteiger partial charge in [-0.2, -0.15) is 0 Å². The highest BCUT2D eigenvalue weighted by molar-refractivity contribution is 5.84. The number of nitrogens with one attached hydrogen (secondary N) is 1. The van der Waals surface area contributed by atoms with Crippen molar-refractivity contribution >= 4 is 18.2 Å².